The number of aliphatic hydroxyl groups is 1. The Morgan fingerprint density at radius 3 is 2.85 bits per heavy atom. The molecule has 1 aromatic carbocycles. The van der Waals surface area contributed by atoms with Gasteiger partial charge in [-0.3, -0.25) is 4.79 Å². The molecule has 1 heterocycles. The van der Waals surface area contributed by atoms with Crippen LogP contribution in [0.3, 0.4) is 0 Å². The van der Waals surface area contributed by atoms with Gasteiger partial charge >= 0.3 is 0 Å². The second-order valence-corrected chi connectivity index (χ2v) is 5.40. The van der Waals surface area contributed by atoms with Gasteiger partial charge in [-0.25, -0.2) is 0 Å². The maximum absolute atomic E-state index is 12.1. The first-order chi connectivity index (χ1) is 9.61. The molecule has 1 N–H and O–H groups in total. The van der Waals surface area contributed by atoms with Gasteiger partial charge in [0, 0.05) is 7.05 Å². The lowest BCUT2D eigenvalue weighted by atomic mass is 10.1. The summed E-state index contributed by atoms with van der Waals surface area (Å²) in [5.74, 6) is 0.607. The first-order valence-electron chi connectivity index (χ1n) is 6.23. The summed E-state index contributed by atoms with van der Waals surface area (Å²) in [7, 11) is 3.27. The number of ether oxygens (including phenoxy) is 1. The molecule has 1 amide bonds. The summed E-state index contributed by atoms with van der Waals surface area (Å²) in [4.78, 5) is 14.3. The first kappa shape index (κ1) is 14.6. The number of nitrogens with zero attached hydrogens (tertiary/aromatic N) is 1. The Hall–Kier alpha value is -1.85. The SMILES string of the molecule is COc1cccc(C(O)CN(C)C(=O)c2cccs2)c1. The van der Waals surface area contributed by atoms with E-state index in [-0.39, 0.29) is 12.5 Å². The van der Waals surface area contributed by atoms with Crippen LogP contribution >= 0.6 is 11.3 Å². The van der Waals surface area contributed by atoms with Crippen LogP contribution in [0.4, 0.5) is 0 Å². The standard InChI is InChI=1S/C15H17NO3S/c1-16(15(18)14-7-4-8-20-14)10-13(17)11-5-3-6-12(9-11)19-2/h3-9,13,17H,10H2,1-2H3. The molecule has 20 heavy (non-hydrogen) atoms. The lowest BCUT2D eigenvalue weighted by Gasteiger charge is -2.20. The second kappa shape index (κ2) is 6.54. The lowest BCUT2D eigenvalue weighted by Crippen LogP contribution is -2.30. The third kappa shape index (κ3) is 3.37. The molecule has 0 saturated carbocycles. The number of hydrogen-bond donors (Lipinski definition) is 1. The van der Waals surface area contributed by atoms with Crippen molar-refractivity contribution in [3.8, 4) is 5.75 Å². The molecule has 2 rings (SSSR count). The average molecular weight is 291 g/mol. The molecule has 106 valence electrons. The van der Waals surface area contributed by atoms with Crippen LogP contribution < -0.4 is 4.74 Å². The molecule has 4 nitrogen and oxygen atoms in total. The van der Waals surface area contributed by atoms with Crippen molar-refractivity contribution in [2.75, 3.05) is 20.7 Å². The van der Waals surface area contributed by atoms with Gasteiger partial charge in [-0.1, -0.05) is 18.2 Å². The minimum Gasteiger partial charge on any atom is -0.497 e. The molecule has 5 heteroatoms. The highest BCUT2D eigenvalue weighted by Gasteiger charge is 2.17. The normalized spacial score (nSPS) is 11.9. The Balaban J connectivity index is 2.03. The van der Waals surface area contributed by atoms with Crippen LogP contribution in [0.25, 0.3) is 0 Å². The van der Waals surface area contributed by atoms with Crippen LogP contribution in [0.1, 0.15) is 21.3 Å². The zero-order chi connectivity index (χ0) is 14.5. The summed E-state index contributed by atoms with van der Waals surface area (Å²) in [5, 5.41) is 12.1. The van der Waals surface area contributed by atoms with E-state index in [1.165, 1.54) is 16.2 Å². The molecule has 0 radical (unpaired) electrons. The van der Waals surface area contributed by atoms with Crippen molar-refractivity contribution in [1.82, 2.24) is 4.90 Å². The van der Waals surface area contributed by atoms with Crippen molar-refractivity contribution < 1.29 is 14.6 Å². The number of thiophene rings is 1. The Kier molecular flexibility index (Phi) is 4.76. The van der Waals surface area contributed by atoms with Crippen molar-refractivity contribution in [1.29, 1.82) is 0 Å². The van der Waals surface area contributed by atoms with Crippen LogP contribution in [0.5, 0.6) is 5.75 Å². The fourth-order valence-corrected chi connectivity index (χ4v) is 2.60. The van der Waals surface area contributed by atoms with Crippen LogP contribution in [0.15, 0.2) is 41.8 Å². The van der Waals surface area contributed by atoms with E-state index in [9.17, 15) is 9.90 Å². The van der Waals surface area contributed by atoms with Crippen molar-refractivity contribution in [2.45, 2.75) is 6.10 Å². The minimum atomic E-state index is -0.737. The van der Waals surface area contributed by atoms with Gasteiger partial charge in [0.05, 0.1) is 24.6 Å². The van der Waals surface area contributed by atoms with E-state index < -0.39 is 6.10 Å². The average Bonchev–Trinajstić information content (AvgIpc) is 3.00. The molecule has 1 aromatic heterocycles. The largest absolute Gasteiger partial charge is 0.497 e. The van der Waals surface area contributed by atoms with E-state index >= 15 is 0 Å². The second-order valence-electron chi connectivity index (χ2n) is 4.46. The molecule has 0 fully saturated rings. The third-order valence-electron chi connectivity index (χ3n) is 3.00. The molecular formula is C15H17NO3S. The molecule has 0 spiro atoms. The zero-order valence-corrected chi connectivity index (χ0v) is 12.3. The predicted octanol–water partition coefficient (Wildman–Crippen LogP) is 2.56. The van der Waals surface area contributed by atoms with Gasteiger partial charge in [0.15, 0.2) is 0 Å². The lowest BCUT2D eigenvalue weighted by molar-refractivity contribution is 0.0685. The van der Waals surface area contributed by atoms with Gasteiger partial charge in [-0.05, 0) is 29.1 Å². The number of carbonyl (C=O) groups is 1. The third-order valence-corrected chi connectivity index (χ3v) is 3.86. The number of aliphatic hydroxyl groups excluding tert-OH is 1. The van der Waals surface area contributed by atoms with Crippen molar-refractivity contribution >= 4 is 17.2 Å². The maximum atomic E-state index is 12.1. The van der Waals surface area contributed by atoms with Gasteiger partial charge < -0.3 is 14.7 Å². The fraction of sp³-hybridized carbons (Fsp3) is 0.267. The summed E-state index contributed by atoms with van der Waals surface area (Å²) < 4.78 is 5.13. The number of amides is 1. The van der Waals surface area contributed by atoms with E-state index in [2.05, 4.69) is 0 Å². The molecule has 2 aromatic rings. The quantitative estimate of drug-likeness (QED) is 0.921. The minimum absolute atomic E-state index is 0.0815. The summed E-state index contributed by atoms with van der Waals surface area (Å²) in [5.41, 5.74) is 0.732. The highest BCUT2D eigenvalue weighted by atomic mass is 32.1. The van der Waals surface area contributed by atoms with E-state index in [0.717, 1.165) is 5.56 Å². The van der Waals surface area contributed by atoms with Crippen LogP contribution in [-0.2, 0) is 0 Å². The maximum Gasteiger partial charge on any atom is 0.263 e. The first-order valence-corrected chi connectivity index (χ1v) is 7.10. The highest BCUT2D eigenvalue weighted by Crippen LogP contribution is 2.20. The van der Waals surface area contributed by atoms with Crippen molar-refractivity contribution in [3.63, 3.8) is 0 Å². The Bertz CT molecular complexity index is 568. The number of carbonyl (C=O) groups excluding carboxylic acids is 1. The Labute approximate surface area is 122 Å². The zero-order valence-electron chi connectivity index (χ0n) is 11.4. The molecule has 0 aliphatic carbocycles. The van der Waals surface area contributed by atoms with Gasteiger partial charge in [0.2, 0.25) is 0 Å². The molecule has 1 unspecified atom stereocenters. The molecule has 0 aliphatic heterocycles. The van der Waals surface area contributed by atoms with E-state index in [0.29, 0.717) is 10.6 Å². The highest BCUT2D eigenvalue weighted by molar-refractivity contribution is 7.12. The van der Waals surface area contributed by atoms with E-state index in [4.69, 9.17) is 4.74 Å². The van der Waals surface area contributed by atoms with Crippen LogP contribution in [0.2, 0.25) is 0 Å². The monoisotopic (exact) mass is 291 g/mol. The Morgan fingerprint density at radius 1 is 1.40 bits per heavy atom. The van der Waals surface area contributed by atoms with Gasteiger partial charge in [0.25, 0.3) is 5.91 Å². The van der Waals surface area contributed by atoms with Crippen molar-refractivity contribution in [2.24, 2.45) is 0 Å². The summed E-state index contributed by atoms with van der Waals surface area (Å²) in [6, 6.07) is 10.8. The number of likely N-dealkylation sites (N-methyl/N-ethyl adjacent to an activating group) is 1. The number of rotatable bonds is 5. The van der Waals surface area contributed by atoms with Gasteiger partial charge in [0.1, 0.15) is 5.75 Å². The molecule has 0 saturated heterocycles. The molecule has 0 bridgehead atoms. The summed E-state index contributed by atoms with van der Waals surface area (Å²) in [6.45, 7) is 0.240. The Morgan fingerprint density at radius 2 is 2.20 bits per heavy atom. The van der Waals surface area contributed by atoms with Crippen LogP contribution in [-0.4, -0.2) is 36.6 Å². The van der Waals surface area contributed by atoms with Crippen LogP contribution in [0, 0.1) is 0 Å². The smallest absolute Gasteiger partial charge is 0.263 e. The van der Waals surface area contributed by atoms with E-state index in [1.54, 1.807) is 26.3 Å². The predicted molar refractivity (Wildman–Crippen MR) is 79.2 cm³/mol. The van der Waals surface area contributed by atoms with Gasteiger partial charge in [-0.2, -0.15) is 0 Å². The molecule has 1 atom stereocenters. The van der Waals surface area contributed by atoms with Gasteiger partial charge in [-0.15, -0.1) is 11.3 Å². The molecule has 0 aliphatic rings. The topological polar surface area (TPSA) is 49.8 Å². The summed E-state index contributed by atoms with van der Waals surface area (Å²) in [6.07, 6.45) is -0.737. The summed E-state index contributed by atoms with van der Waals surface area (Å²) >= 11 is 1.40. The fourth-order valence-electron chi connectivity index (χ4n) is 1.88. The van der Waals surface area contributed by atoms with E-state index in [1.807, 2.05) is 29.6 Å². The van der Waals surface area contributed by atoms with Crippen molar-refractivity contribution in [3.05, 3.63) is 52.2 Å². The molecular weight excluding hydrogens is 274 g/mol. The number of benzene rings is 1. The number of hydrogen-bond acceptors (Lipinski definition) is 4. The number of methoxy groups -OCH3 is 1.